The number of esters is 1. The number of imide groups is 1. The maximum absolute atomic E-state index is 11.8. The smallest absolute Gasteiger partial charge is 0.340 e. The molecule has 0 aromatic heterocycles. The third-order valence-electron chi connectivity index (χ3n) is 3.18. The number of anilines is 2. The molecule has 7 heteroatoms. The molecule has 106 valence electrons. The van der Waals surface area contributed by atoms with E-state index in [0.29, 0.717) is 11.4 Å². The van der Waals surface area contributed by atoms with Crippen molar-refractivity contribution in [2.24, 2.45) is 0 Å². The van der Waals surface area contributed by atoms with Gasteiger partial charge < -0.3 is 15.4 Å². The first-order valence-corrected chi connectivity index (χ1v) is 6.03. The van der Waals surface area contributed by atoms with E-state index >= 15 is 0 Å². The number of nitrogens with zero attached hydrogens (tertiary/aromatic N) is 1. The van der Waals surface area contributed by atoms with Gasteiger partial charge in [0, 0.05) is 0 Å². The number of hydrogen-bond acceptors (Lipinski definition) is 6. The number of rotatable bonds is 2. The highest BCUT2D eigenvalue weighted by Gasteiger charge is 2.33. The van der Waals surface area contributed by atoms with Crippen LogP contribution in [0.1, 0.15) is 17.3 Å². The van der Waals surface area contributed by atoms with Crippen molar-refractivity contribution in [3.05, 3.63) is 23.8 Å². The number of nitrogens with two attached hydrogens (primary N) is 1. The van der Waals surface area contributed by atoms with Gasteiger partial charge in [-0.1, -0.05) is 6.07 Å². The van der Waals surface area contributed by atoms with Crippen LogP contribution in [0.3, 0.4) is 0 Å². The Hall–Kier alpha value is -2.57. The summed E-state index contributed by atoms with van der Waals surface area (Å²) < 4.78 is 4.71. The number of methoxy groups -OCH3 is 1. The number of benzene rings is 1. The zero-order valence-electron chi connectivity index (χ0n) is 11.2. The fourth-order valence-electron chi connectivity index (χ4n) is 2.14. The predicted molar refractivity (Wildman–Crippen MR) is 72.2 cm³/mol. The molecule has 0 radical (unpaired) electrons. The lowest BCUT2D eigenvalue weighted by atomic mass is 10.1. The van der Waals surface area contributed by atoms with Crippen LogP contribution in [0.25, 0.3) is 0 Å². The summed E-state index contributed by atoms with van der Waals surface area (Å²) in [5.74, 6) is -1.44. The molecule has 1 fully saturated rings. The number of piperazine rings is 1. The molecule has 1 aromatic carbocycles. The fraction of sp³-hybridized carbons (Fsp3) is 0.308. The number of carbonyl (C=O) groups excluding carboxylic acids is 3. The van der Waals surface area contributed by atoms with E-state index in [-0.39, 0.29) is 12.1 Å². The van der Waals surface area contributed by atoms with Crippen molar-refractivity contribution in [2.75, 3.05) is 24.3 Å². The Bertz CT molecular complexity index is 585. The van der Waals surface area contributed by atoms with E-state index in [1.165, 1.54) is 12.0 Å². The summed E-state index contributed by atoms with van der Waals surface area (Å²) in [7, 11) is 1.26. The van der Waals surface area contributed by atoms with Gasteiger partial charge in [-0.05, 0) is 19.1 Å². The molecule has 0 aliphatic carbocycles. The van der Waals surface area contributed by atoms with Crippen LogP contribution in [-0.4, -0.2) is 37.5 Å². The molecule has 3 N–H and O–H groups in total. The summed E-state index contributed by atoms with van der Waals surface area (Å²) in [6, 6.07) is 4.15. The maximum atomic E-state index is 11.8. The minimum Gasteiger partial charge on any atom is -0.465 e. The largest absolute Gasteiger partial charge is 0.465 e. The number of hydrogen-bond donors (Lipinski definition) is 2. The van der Waals surface area contributed by atoms with Gasteiger partial charge in [0.25, 0.3) is 0 Å². The predicted octanol–water partition coefficient (Wildman–Crippen LogP) is -0.0933. The Kier molecular flexibility index (Phi) is 3.60. The minimum atomic E-state index is -0.610. The molecule has 1 heterocycles. The molecule has 1 aliphatic rings. The first-order valence-electron chi connectivity index (χ1n) is 6.03. The van der Waals surface area contributed by atoms with Crippen LogP contribution in [0, 0.1) is 0 Å². The van der Waals surface area contributed by atoms with Gasteiger partial charge in [0.2, 0.25) is 11.8 Å². The van der Waals surface area contributed by atoms with Gasteiger partial charge in [-0.15, -0.1) is 0 Å². The van der Waals surface area contributed by atoms with E-state index in [4.69, 9.17) is 10.5 Å². The van der Waals surface area contributed by atoms with Gasteiger partial charge in [-0.3, -0.25) is 14.9 Å². The Morgan fingerprint density at radius 3 is 2.80 bits per heavy atom. The van der Waals surface area contributed by atoms with Crippen LogP contribution >= 0.6 is 0 Å². The summed E-state index contributed by atoms with van der Waals surface area (Å²) in [6.45, 7) is 1.58. The van der Waals surface area contributed by atoms with Crippen molar-refractivity contribution >= 4 is 29.2 Å². The molecule has 2 amide bonds. The number of carbonyl (C=O) groups is 3. The highest BCUT2D eigenvalue weighted by Crippen LogP contribution is 2.30. The van der Waals surface area contributed by atoms with Crippen molar-refractivity contribution in [2.45, 2.75) is 13.0 Å². The van der Waals surface area contributed by atoms with Crippen LogP contribution < -0.4 is 16.0 Å². The topological polar surface area (TPSA) is 102 Å². The third-order valence-corrected chi connectivity index (χ3v) is 3.18. The second kappa shape index (κ2) is 5.20. The van der Waals surface area contributed by atoms with E-state index in [1.54, 1.807) is 25.1 Å². The first kappa shape index (κ1) is 13.9. The Balaban J connectivity index is 2.53. The highest BCUT2D eigenvalue weighted by atomic mass is 16.5. The summed E-state index contributed by atoms with van der Waals surface area (Å²) in [6.07, 6.45) is 0. The van der Waals surface area contributed by atoms with Crippen molar-refractivity contribution < 1.29 is 19.1 Å². The third kappa shape index (κ3) is 2.29. The molecular weight excluding hydrogens is 262 g/mol. The number of nitrogens with one attached hydrogen (secondary N) is 1. The minimum absolute atomic E-state index is 0.0505. The van der Waals surface area contributed by atoms with Crippen LogP contribution in [0.2, 0.25) is 0 Å². The summed E-state index contributed by atoms with van der Waals surface area (Å²) >= 11 is 0. The van der Waals surface area contributed by atoms with E-state index < -0.39 is 23.8 Å². The lowest BCUT2D eigenvalue weighted by Crippen LogP contribution is -2.57. The maximum Gasteiger partial charge on any atom is 0.340 e. The van der Waals surface area contributed by atoms with Crippen molar-refractivity contribution in [3.8, 4) is 0 Å². The number of amides is 2. The monoisotopic (exact) mass is 277 g/mol. The Morgan fingerprint density at radius 1 is 1.45 bits per heavy atom. The second-order valence-corrected chi connectivity index (χ2v) is 4.45. The van der Waals surface area contributed by atoms with E-state index in [1.807, 2.05) is 0 Å². The summed E-state index contributed by atoms with van der Waals surface area (Å²) in [5, 5.41) is 2.23. The average Bonchev–Trinajstić information content (AvgIpc) is 2.42. The molecule has 1 atom stereocenters. The normalized spacial score (nSPS) is 18.7. The molecule has 1 unspecified atom stereocenters. The van der Waals surface area contributed by atoms with Gasteiger partial charge in [0.15, 0.2) is 0 Å². The number of ether oxygens (including phenoxy) is 1. The molecule has 0 saturated carbocycles. The second-order valence-electron chi connectivity index (χ2n) is 4.45. The summed E-state index contributed by atoms with van der Waals surface area (Å²) in [5.41, 5.74) is 6.78. The van der Waals surface area contributed by atoms with Crippen LogP contribution in [0.4, 0.5) is 11.4 Å². The molecule has 1 aliphatic heterocycles. The molecule has 7 nitrogen and oxygen atoms in total. The first-order chi connectivity index (χ1) is 9.45. The van der Waals surface area contributed by atoms with Crippen LogP contribution in [0.5, 0.6) is 0 Å². The SMILES string of the molecule is COC(=O)c1cccc(N)c1N1CC(=O)NC(=O)C1C. The molecular formula is C13H15N3O4. The average molecular weight is 277 g/mol. The van der Waals surface area contributed by atoms with Crippen molar-refractivity contribution in [1.29, 1.82) is 0 Å². The van der Waals surface area contributed by atoms with Crippen LogP contribution in [-0.2, 0) is 14.3 Å². The van der Waals surface area contributed by atoms with E-state index in [2.05, 4.69) is 5.32 Å². The zero-order chi connectivity index (χ0) is 14.9. The molecule has 0 bridgehead atoms. The molecule has 0 spiro atoms. The molecule has 1 aromatic rings. The molecule has 2 rings (SSSR count). The van der Waals surface area contributed by atoms with Crippen molar-refractivity contribution in [3.63, 3.8) is 0 Å². The van der Waals surface area contributed by atoms with E-state index in [9.17, 15) is 14.4 Å². The number of para-hydroxylation sites is 1. The lowest BCUT2D eigenvalue weighted by Gasteiger charge is -2.35. The fourth-order valence-corrected chi connectivity index (χ4v) is 2.14. The van der Waals surface area contributed by atoms with Gasteiger partial charge in [0.05, 0.1) is 30.6 Å². The standard InChI is InChI=1S/C13H15N3O4/c1-7-12(18)15-10(17)6-16(7)11-8(13(19)20-2)4-3-5-9(11)14/h3-5,7H,6,14H2,1-2H3,(H,15,17,18). The van der Waals surface area contributed by atoms with Gasteiger partial charge >= 0.3 is 5.97 Å². The lowest BCUT2D eigenvalue weighted by molar-refractivity contribution is -0.132. The van der Waals surface area contributed by atoms with Gasteiger partial charge in [-0.2, -0.15) is 0 Å². The quantitative estimate of drug-likeness (QED) is 0.445. The molecule has 20 heavy (non-hydrogen) atoms. The van der Waals surface area contributed by atoms with E-state index in [0.717, 1.165) is 0 Å². The van der Waals surface area contributed by atoms with Gasteiger partial charge in [0.1, 0.15) is 6.04 Å². The number of nitrogen functional groups attached to an aromatic ring is 1. The zero-order valence-corrected chi connectivity index (χ0v) is 11.2. The Labute approximate surface area is 115 Å². The highest BCUT2D eigenvalue weighted by molar-refractivity contribution is 6.07. The van der Waals surface area contributed by atoms with Crippen molar-refractivity contribution in [1.82, 2.24) is 5.32 Å². The Morgan fingerprint density at radius 2 is 2.15 bits per heavy atom. The van der Waals surface area contributed by atoms with Gasteiger partial charge in [-0.25, -0.2) is 4.79 Å². The molecule has 1 saturated heterocycles. The summed E-state index contributed by atoms with van der Waals surface area (Å²) in [4.78, 5) is 36.6. The van der Waals surface area contributed by atoms with Crippen LogP contribution in [0.15, 0.2) is 18.2 Å².